The van der Waals surface area contributed by atoms with Crippen LogP contribution in [0.2, 0.25) is 5.02 Å². The molecule has 0 bridgehead atoms. The summed E-state index contributed by atoms with van der Waals surface area (Å²) in [5, 5.41) is 0.966. The molecule has 25 heavy (non-hydrogen) atoms. The predicted octanol–water partition coefficient (Wildman–Crippen LogP) is 7.06. The van der Waals surface area contributed by atoms with Crippen LogP contribution in [0.15, 0.2) is 24.3 Å². The lowest BCUT2D eigenvalue weighted by atomic mass is 9.84. The monoisotopic (exact) mass is 359 g/mol. The Labute approximate surface area is 159 Å². The van der Waals surface area contributed by atoms with Crippen molar-refractivity contribution in [3.63, 3.8) is 0 Å². The van der Waals surface area contributed by atoms with Gasteiger partial charge in [-0.1, -0.05) is 81.3 Å². The molecule has 0 aliphatic heterocycles. The van der Waals surface area contributed by atoms with E-state index in [1.54, 1.807) is 0 Å². The summed E-state index contributed by atoms with van der Waals surface area (Å²) in [6, 6.07) is 7.49. The quantitative estimate of drug-likeness (QED) is 0.525. The summed E-state index contributed by atoms with van der Waals surface area (Å²) in [5.74, 6) is 0.682. The van der Waals surface area contributed by atoms with Crippen LogP contribution in [0.4, 0.5) is 0 Å². The Kier molecular flexibility index (Phi) is 7.43. The zero-order valence-electron chi connectivity index (χ0n) is 15.9. The first-order chi connectivity index (χ1) is 12.3. The van der Waals surface area contributed by atoms with Gasteiger partial charge in [0, 0.05) is 17.6 Å². The number of nitrogens with zero attached hydrogens (tertiary/aromatic N) is 1. The standard InChI is InChI=1S/C23H34ClN/c1-2-25(21-13-7-4-8-14-21)17-9-10-19-15-16-22(23(24)18-19)20-11-5-3-6-12-20/h9-10,15-16,18,20-21H,2-8,11-14,17H2,1H3. The van der Waals surface area contributed by atoms with Crippen molar-refractivity contribution < 1.29 is 0 Å². The number of hydrogen-bond acceptors (Lipinski definition) is 1. The summed E-state index contributed by atoms with van der Waals surface area (Å²) in [5.41, 5.74) is 2.61. The first-order valence-electron chi connectivity index (χ1n) is 10.5. The molecule has 0 radical (unpaired) electrons. The number of hydrogen-bond donors (Lipinski definition) is 0. The molecule has 0 aromatic heterocycles. The van der Waals surface area contributed by atoms with Crippen molar-refractivity contribution in [3.05, 3.63) is 40.4 Å². The maximum atomic E-state index is 6.61. The van der Waals surface area contributed by atoms with Gasteiger partial charge >= 0.3 is 0 Å². The lowest BCUT2D eigenvalue weighted by molar-refractivity contribution is 0.181. The van der Waals surface area contributed by atoms with Crippen LogP contribution in [0.3, 0.4) is 0 Å². The zero-order chi connectivity index (χ0) is 17.5. The second-order valence-corrected chi connectivity index (χ2v) is 8.30. The average molecular weight is 360 g/mol. The molecule has 2 aliphatic rings. The van der Waals surface area contributed by atoms with Crippen molar-refractivity contribution in [3.8, 4) is 0 Å². The van der Waals surface area contributed by atoms with E-state index in [1.807, 2.05) is 0 Å². The third-order valence-corrected chi connectivity index (χ3v) is 6.54. The normalized spacial score (nSPS) is 20.6. The molecule has 2 heteroatoms. The maximum Gasteiger partial charge on any atom is 0.0446 e. The molecular formula is C23H34ClN. The fourth-order valence-corrected chi connectivity index (χ4v) is 5.04. The van der Waals surface area contributed by atoms with Gasteiger partial charge in [0.15, 0.2) is 0 Å². The van der Waals surface area contributed by atoms with E-state index in [4.69, 9.17) is 11.6 Å². The Balaban J connectivity index is 1.58. The third-order valence-electron chi connectivity index (χ3n) is 6.22. The first-order valence-corrected chi connectivity index (χ1v) is 10.9. The van der Waals surface area contributed by atoms with Crippen LogP contribution >= 0.6 is 11.6 Å². The molecule has 1 aromatic rings. The SMILES string of the molecule is CCN(CC=Cc1ccc(C2CCCCC2)c(Cl)c1)C1CCCCC1. The van der Waals surface area contributed by atoms with Crippen LogP contribution < -0.4 is 0 Å². The number of likely N-dealkylation sites (N-methyl/N-ethyl adjacent to an activating group) is 1. The highest BCUT2D eigenvalue weighted by Crippen LogP contribution is 2.36. The highest BCUT2D eigenvalue weighted by molar-refractivity contribution is 6.31. The minimum absolute atomic E-state index is 0.682. The average Bonchev–Trinajstić information content (AvgIpc) is 2.67. The molecule has 138 valence electrons. The van der Waals surface area contributed by atoms with E-state index in [-0.39, 0.29) is 0 Å². The topological polar surface area (TPSA) is 3.24 Å². The highest BCUT2D eigenvalue weighted by atomic mass is 35.5. The van der Waals surface area contributed by atoms with Crippen molar-refractivity contribution in [1.82, 2.24) is 4.90 Å². The molecule has 0 unspecified atom stereocenters. The molecule has 1 nitrogen and oxygen atoms in total. The molecule has 0 heterocycles. The van der Waals surface area contributed by atoms with Gasteiger partial charge in [-0.2, -0.15) is 0 Å². The molecule has 0 N–H and O–H groups in total. The summed E-state index contributed by atoms with van der Waals surface area (Å²) in [4.78, 5) is 2.63. The second-order valence-electron chi connectivity index (χ2n) is 7.90. The fourth-order valence-electron chi connectivity index (χ4n) is 4.70. The van der Waals surface area contributed by atoms with Crippen LogP contribution in [0, 0.1) is 0 Å². The van der Waals surface area contributed by atoms with Crippen molar-refractivity contribution in [1.29, 1.82) is 0 Å². The Hall–Kier alpha value is -0.790. The van der Waals surface area contributed by atoms with Gasteiger partial charge in [-0.25, -0.2) is 0 Å². The van der Waals surface area contributed by atoms with Gasteiger partial charge in [-0.15, -0.1) is 0 Å². The number of rotatable bonds is 6. The molecule has 1 aromatic carbocycles. The summed E-state index contributed by atoms with van der Waals surface area (Å²) < 4.78 is 0. The Morgan fingerprint density at radius 2 is 1.68 bits per heavy atom. The third kappa shape index (κ3) is 5.34. The summed E-state index contributed by atoms with van der Waals surface area (Å²) in [6.07, 6.45) is 18.3. The van der Waals surface area contributed by atoms with E-state index in [9.17, 15) is 0 Å². The molecule has 2 aliphatic carbocycles. The van der Waals surface area contributed by atoms with Crippen LogP contribution in [0.5, 0.6) is 0 Å². The fraction of sp³-hybridized carbons (Fsp3) is 0.652. The van der Waals surface area contributed by atoms with Gasteiger partial charge in [-0.3, -0.25) is 4.90 Å². The molecule has 0 saturated heterocycles. The molecule has 2 saturated carbocycles. The van der Waals surface area contributed by atoms with Gasteiger partial charge in [0.2, 0.25) is 0 Å². The highest BCUT2D eigenvalue weighted by Gasteiger charge is 2.19. The smallest absolute Gasteiger partial charge is 0.0446 e. The number of halogens is 1. The summed E-state index contributed by atoms with van der Waals surface area (Å²) in [6.45, 7) is 4.50. The second kappa shape index (κ2) is 9.78. The van der Waals surface area contributed by atoms with E-state index < -0.39 is 0 Å². The first kappa shape index (κ1) is 19.0. The lowest BCUT2D eigenvalue weighted by Crippen LogP contribution is -2.36. The van der Waals surface area contributed by atoms with Gasteiger partial charge < -0.3 is 0 Å². The molecule has 3 rings (SSSR count). The van der Waals surface area contributed by atoms with E-state index in [0.717, 1.165) is 24.2 Å². The minimum atomic E-state index is 0.682. The van der Waals surface area contributed by atoms with Crippen molar-refractivity contribution in [2.45, 2.75) is 83.1 Å². The van der Waals surface area contributed by atoms with E-state index >= 15 is 0 Å². The van der Waals surface area contributed by atoms with Crippen molar-refractivity contribution >= 4 is 17.7 Å². The van der Waals surface area contributed by atoms with E-state index in [0.29, 0.717) is 5.92 Å². The van der Waals surface area contributed by atoms with Crippen LogP contribution in [0.1, 0.15) is 88.2 Å². The van der Waals surface area contributed by atoms with Gasteiger partial charge in [-0.05, 0) is 55.3 Å². The Bertz CT molecular complexity index is 553. The molecule has 0 spiro atoms. The van der Waals surface area contributed by atoms with E-state index in [1.165, 1.54) is 75.3 Å². The molecule has 0 atom stereocenters. The largest absolute Gasteiger partial charge is 0.297 e. The van der Waals surface area contributed by atoms with Gasteiger partial charge in [0.1, 0.15) is 0 Å². The molecule has 2 fully saturated rings. The summed E-state index contributed by atoms with van der Waals surface area (Å²) in [7, 11) is 0. The zero-order valence-corrected chi connectivity index (χ0v) is 16.6. The lowest BCUT2D eigenvalue weighted by Gasteiger charge is -2.32. The summed E-state index contributed by atoms with van der Waals surface area (Å²) >= 11 is 6.61. The van der Waals surface area contributed by atoms with Crippen LogP contribution in [-0.4, -0.2) is 24.0 Å². The van der Waals surface area contributed by atoms with Crippen LogP contribution in [0.25, 0.3) is 6.08 Å². The van der Waals surface area contributed by atoms with Crippen molar-refractivity contribution in [2.75, 3.05) is 13.1 Å². The maximum absolute atomic E-state index is 6.61. The molecule has 0 amide bonds. The Morgan fingerprint density at radius 3 is 2.32 bits per heavy atom. The Morgan fingerprint density at radius 1 is 1.00 bits per heavy atom. The van der Waals surface area contributed by atoms with Crippen LogP contribution in [-0.2, 0) is 0 Å². The van der Waals surface area contributed by atoms with Gasteiger partial charge in [0.05, 0.1) is 0 Å². The number of benzene rings is 1. The minimum Gasteiger partial charge on any atom is -0.297 e. The van der Waals surface area contributed by atoms with Crippen molar-refractivity contribution in [2.24, 2.45) is 0 Å². The molecular weight excluding hydrogens is 326 g/mol. The van der Waals surface area contributed by atoms with E-state index in [2.05, 4.69) is 42.2 Å². The van der Waals surface area contributed by atoms with Gasteiger partial charge in [0.25, 0.3) is 0 Å². The predicted molar refractivity (Wildman–Crippen MR) is 110 cm³/mol.